The molecule has 0 bridgehead atoms. The number of halogens is 1. The number of benzene rings is 1. The molecule has 0 heterocycles. The van der Waals surface area contributed by atoms with Gasteiger partial charge in [0, 0.05) is 0 Å². The van der Waals surface area contributed by atoms with Gasteiger partial charge in [-0.05, 0) is 31.9 Å². The molecule has 1 atom stereocenters. The highest BCUT2D eigenvalue weighted by molar-refractivity contribution is 6.23. The van der Waals surface area contributed by atoms with E-state index in [9.17, 15) is 0 Å². The van der Waals surface area contributed by atoms with Crippen LogP contribution in [0.4, 0.5) is 5.69 Å². The summed E-state index contributed by atoms with van der Waals surface area (Å²) in [6.07, 6.45) is 3.42. The van der Waals surface area contributed by atoms with Gasteiger partial charge in [-0.15, -0.1) is 6.58 Å². The van der Waals surface area contributed by atoms with Crippen LogP contribution in [0.2, 0.25) is 0 Å². The van der Waals surface area contributed by atoms with Crippen LogP contribution in [0.1, 0.15) is 19.8 Å². The number of hydrogen-bond donors (Lipinski definition) is 0. The van der Waals surface area contributed by atoms with Gasteiger partial charge in [-0.3, -0.25) is 0 Å². The largest absolute Gasteiger partial charge is 0.166 e. The summed E-state index contributed by atoms with van der Waals surface area (Å²) in [7, 11) is 0. The first-order valence-electron chi connectivity index (χ1n) is 4.92. The molecule has 0 radical (unpaired) electrons. The summed E-state index contributed by atoms with van der Waals surface area (Å²) in [5, 5.41) is 8.20. The molecule has 0 amide bonds. The first kappa shape index (κ1) is 11.9. The van der Waals surface area contributed by atoms with Gasteiger partial charge in [-0.25, -0.2) is 0 Å². The Morgan fingerprint density at radius 3 is 2.67 bits per heavy atom. The second-order valence-corrected chi connectivity index (χ2v) is 4.32. The van der Waals surface area contributed by atoms with Crippen LogP contribution in [0.3, 0.4) is 0 Å². The minimum absolute atomic E-state index is 0.635. The molecule has 0 fully saturated rings. The predicted octanol–water partition coefficient (Wildman–Crippen LogP) is 4.69. The number of azo groups is 1. The van der Waals surface area contributed by atoms with Gasteiger partial charge >= 0.3 is 0 Å². The van der Waals surface area contributed by atoms with E-state index >= 15 is 0 Å². The van der Waals surface area contributed by atoms with Crippen molar-refractivity contribution in [1.29, 1.82) is 0 Å². The van der Waals surface area contributed by atoms with Gasteiger partial charge in [0.25, 0.3) is 0 Å². The van der Waals surface area contributed by atoms with E-state index < -0.39 is 5.00 Å². The Bertz CT molecular complexity index is 331. The zero-order valence-corrected chi connectivity index (χ0v) is 9.61. The van der Waals surface area contributed by atoms with E-state index in [0.29, 0.717) is 0 Å². The molecule has 15 heavy (non-hydrogen) atoms. The molecule has 0 aliphatic heterocycles. The predicted molar refractivity (Wildman–Crippen MR) is 64.6 cm³/mol. The summed E-state index contributed by atoms with van der Waals surface area (Å²) in [4.78, 5) is -0.635. The zero-order chi connectivity index (χ0) is 11.1. The molecule has 3 heteroatoms. The van der Waals surface area contributed by atoms with E-state index in [-0.39, 0.29) is 0 Å². The fourth-order valence-corrected chi connectivity index (χ4v) is 1.22. The summed E-state index contributed by atoms with van der Waals surface area (Å²) < 4.78 is 0. The second-order valence-electron chi connectivity index (χ2n) is 3.51. The molecule has 0 spiro atoms. The molecule has 0 saturated carbocycles. The van der Waals surface area contributed by atoms with E-state index in [0.717, 1.165) is 18.5 Å². The lowest BCUT2D eigenvalue weighted by atomic mass is 10.2. The first-order valence-corrected chi connectivity index (χ1v) is 5.29. The van der Waals surface area contributed by atoms with Crippen molar-refractivity contribution in [2.24, 2.45) is 10.2 Å². The topological polar surface area (TPSA) is 24.7 Å². The van der Waals surface area contributed by atoms with Gasteiger partial charge in [0.2, 0.25) is 0 Å². The summed E-state index contributed by atoms with van der Waals surface area (Å²) in [6, 6.07) is 9.57. The summed E-state index contributed by atoms with van der Waals surface area (Å²) in [5.74, 6) is 0. The molecule has 1 unspecified atom stereocenters. The van der Waals surface area contributed by atoms with Gasteiger partial charge in [-0.1, -0.05) is 35.9 Å². The molecular formula is C12H15ClN2. The molecule has 0 aliphatic rings. The van der Waals surface area contributed by atoms with Crippen molar-refractivity contribution < 1.29 is 0 Å². The number of nitrogens with zero attached hydrogens (tertiary/aromatic N) is 2. The summed E-state index contributed by atoms with van der Waals surface area (Å²) >= 11 is 6.16. The Morgan fingerprint density at radius 1 is 1.40 bits per heavy atom. The molecular weight excluding hydrogens is 208 g/mol. The highest BCUT2D eigenvalue weighted by Gasteiger charge is 2.18. The second kappa shape index (κ2) is 5.66. The molecule has 0 aromatic heterocycles. The molecule has 2 nitrogen and oxygen atoms in total. The average molecular weight is 223 g/mol. The molecule has 0 N–H and O–H groups in total. The molecule has 1 aromatic carbocycles. The van der Waals surface area contributed by atoms with Crippen LogP contribution in [-0.4, -0.2) is 5.00 Å². The van der Waals surface area contributed by atoms with Gasteiger partial charge in [0.15, 0.2) is 5.00 Å². The average Bonchev–Trinajstić information content (AvgIpc) is 2.25. The third-order valence-corrected chi connectivity index (χ3v) is 2.20. The lowest BCUT2D eigenvalue weighted by molar-refractivity contribution is 0.582. The normalized spacial score (nSPS) is 15.1. The van der Waals surface area contributed by atoms with Crippen molar-refractivity contribution in [3.63, 3.8) is 0 Å². The Morgan fingerprint density at radius 2 is 2.07 bits per heavy atom. The number of hydrogen-bond acceptors (Lipinski definition) is 2. The van der Waals surface area contributed by atoms with E-state index in [4.69, 9.17) is 11.6 Å². The Kier molecular flexibility index (Phi) is 4.50. The van der Waals surface area contributed by atoms with Crippen LogP contribution in [0.5, 0.6) is 0 Å². The van der Waals surface area contributed by atoms with Crippen molar-refractivity contribution in [3.05, 3.63) is 43.0 Å². The van der Waals surface area contributed by atoms with Gasteiger partial charge in [-0.2, -0.15) is 10.2 Å². The number of rotatable bonds is 5. The third kappa shape index (κ3) is 4.75. The van der Waals surface area contributed by atoms with Crippen molar-refractivity contribution in [3.8, 4) is 0 Å². The Hall–Kier alpha value is -1.15. The number of alkyl halides is 1. The lowest BCUT2D eigenvalue weighted by Gasteiger charge is -2.13. The molecule has 0 saturated heterocycles. The fourth-order valence-electron chi connectivity index (χ4n) is 1.07. The van der Waals surface area contributed by atoms with E-state index in [1.54, 1.807) is 0 Å². The zero-order valence-electron chi connectivity index (χ0n) is 8.86. The minimum Gasteiger partial charge on any atom is -0.166 e. The SMILES string of the molecule is C=CCCC(C)(Cl)N=Nc1ccccc1. The Labute approximate surface area is 95.7 Å². The van der Waals surface area contributed by atoms with Crippen LogP contribution in [0, 0.1) is 0 Å². The van der Waals surface area contributed by atoms with E-state index in [1.165, 1.54) is 0 Å². The van der Waals surface area contributed by atoms with Crippen LogP contribution in [-0.2, 0) is 0 Å². The van der Waals surface area contributed by atoms with Crippen LogP contribution >= 0.6 is 11.6 Å². The van der Waals surface area contributed by atoms with E-state index in [1.807, 2.05) is 43.3 Å². The monoisotopic (exact) mass is 222 g/mol. The van der Waals surface area contributed by atoms with Gasteiger partial charge in [0.1, 0.15) is 0 Å². The molecule has 1 rings (SSSR count). The Balaban J connectivity index is 2.60. The smallest absolute Gasteiger partial charge is 0.152 e. The third-order valence-electron chi connectivity index (χ3n) is 1.93. The van der Waals surface area contributed by atoms with Crippen molar-refractivity contribution in [2.45, 2.75) is 24.8 Å². The summed E-state index contributed by atoms with van der Waals surface area (Å²) in [6.45, 7) is 5.50. The van der Waals surface area contributed by atoms with Crippen LogP contribution in [0.15, 0.2) is 53.2 Å². The fraction of sp³-hybridized carbons (Fsp3) is 0.333. The lowest BCUT2D eigenvalue weighted by Crippen LogP contribution is -2.10. The first-order chi connectivity index (χ1) is 7.14. The standard InChI is InChI=1S/C12H15ClN2/c1-3-4-10-12(2,13)15-14-11-8-6-5-7-9-11/h3,5-9H,1,4,10H2,2H3. The molecule has 80 valence electrons. The van der Waals surface area contributed by atoms with Crippen molar-refractivity contribution >= 4 is 17.3 Å². The van der Waals surface area contributed by atoms with E-state index in [2.05, 4.69) is 16.8 Å². The molecule has 0 aliphatic carbocycles. The highest BCUT2D eigenvalue weighted by atomic mass is 35.5. The maximum Gasteiger partial charge on any atom is 0.152 e. The van der Waals surface area contributed by atoms with Gasteiger partial charge in [0.05, 0.1) is 5.69 Å². The maximum absolute atomic E-state index is 6.16. The van der Waals surface area contributed by atoms with Crippen molar-refractivity contribution in [1.82, 2.24) is 0 Å². The summed E-state index contributed by atoms with van der Waals surface area (Å²) in [5.41, 5.74) is 0.822. The highest BCUT2D eigenvalue weighted by Crippen LogP contribution is 2.25. The van der Waals surface area contributed by atoms with Crippen molar-refractivity contribution in [2.75, 3.05) is 0 Å². The van der Waals surface area contributed by atoms with Gasteiger partial charge < -0.3 is 0 Å². The number of allylic oxidation sites excluding steroid dienone is 1. The van der Waals surface area contributed by atoms with Crippen LogP contribution in [0.25, 0.3) is 0 Å². The molecule has 1 aromatic rings. The minimum atomic E-state index is -0.635. The maximum atomic E-state index is 6.16. The van der Waals surface area contributed by atoms with Crippen LogP contribution < -0.4 is 0 Å². The quantitative estimate of drug-likeness (QED) is 0.299.